The summed E-state index contributed by atoms with van der Waals surface area (Å²) in [5.74, 6) is -0.312. The number of hydrogen-bond acceptors (Lipinski definition) is 7. The lowest BCUT2D eigenvalue weighted by Gasteiger charge is -1.99. The zero-order valence-electron chi connectivity index (χ0n) is 13.2. The maximum Gasteiger partial charge on any atom is 0.399 e. The molecule has 7 nitrogen and oxygen atoms in total. The molecule has 0 aliphatic rings. The Labute approximate surface area is 122 Å². The van der Waals surface area contributed by atoms with Crippen LogP contribution in [0.3, 0.4) is 0 Å². The predicted molar refractivity (Wildman–Crippen MR) is 78.6 cm³/mol. The van der Waals surface area contributed by atoms with Gasteiger partial charge in [-0.15, -0.1) is 0 Å². The smallest absolute Gasteiger partial charge is 0.399 e. The zero-order valence-corrected chi connectivity index (χ0v) is 14.0. The summed E-state index contributed by atoms with van der Waals surface area (Å²) in [4.78, 5) is 10.4. The second kappa shape index (κ2) is 16.1. The topological polar surface area (TPSA) is 90.9 Å². The van der Waals surface area contributed by atoms with Crippen LogP contribution in [-0.4, -0.2) is 48.3 Å². The second-order valence-corrected chi connectivity index (χ2v) is 4.51. The molecule has 8 heteroatoms. The molecule has 0 spiro atoms. The molecule has 0 aliphatic heterocycles. The Morgan fingerprint density at radius 2 is 1.40 bits per heavy atom. The average Bonchev–Trinajstić information content (AvgIpc) is 2.30. The van der Waals surface area contributed by atoms with Crippen molar-refractivity contribution >= 4 is 16.4 Å². The fourth-order valence-corrected chi connectivity index (χ4v) is 1.22. The van der Waals surface area contributed by atoms with Crippen molar-refractivity contribution in [3.63, 3.8) is 0 Å². The highest BCUT2D eigenvalue weighted by molar-refractivity contribution is 7.81. The first-order valence-corrected chi connectivity index (χ1v) is 7.50. The van der Waals surface area contributed by atoms with Crippen LogP contribution in [-0.2, 0) is 28.3 Å². The van der Waals surface area contributed by atoms with Crippen molar-refractivity contribution in [2.75, 3.05) is 33.9 Å². The van der Waals surface area contributed by atoms with E-state index in [9.17, 15) is 13.2 Å². The average molecular weight is 313 g/mol. The fourth-order valence-electron chi connectivity index (χ4n) is 0.577. The predicted octanol–water partition coefficient (Wildman–Crippen LogP) is 1.27. The van der Waals surface area contributed by atoms with Gasteiger partial charge in [0, 0.05) is 5.57 Å². The molecule has 0 bridgehead atoms. The molecule has 0 fully saturated rings. The van der Waals surface area contributed by atoms with Crippen LogP contribution in [0.15, 0.2) is 12.2 Å². The van der Waals surface area contributed by atoms with E-state index in [0.29, 0.717) is 12.2 Å². The molecule has 0 saturated carbocycles. The van der Waals surface area contributed by atoms with Crippen molar-refractivity contribution in [3.05, 3.63) is 12.2 Å². The Morgan fingerprint density at radius 3 is 1.55 bits per heavy atom. The molecular weight excluding hydrogens is 286 g/mol. The van der Waals surface area contributed by atoms with E-state index in [2.05, 4.69) is 25.0 Å². The molecule has 122 valence electrons. The number of rotatable bonds is 6. The van der Waals surface area contributed by atoms with Gasteiger partial charge in [-0.1, -0.05) is 6.58 Å². The monoisotopic (exact) mass is 313 g/mol. The van der Waals surface area contributed by atoms with Gasteiger partial charge in [-0.25, -0.2) is 13.2 Å². The molecule has 0 aromatic carbocycles. The van der Waals surface area contributed by atoms with Crippen LogP contribution in [0.25, 0.3) is 0 Å². The summed E-state index contributed by atoms with van der Waals surface area (Å²) >= 11 is 0. The molecule has 0 amide bonds. The van der Waals surface area contributed by atoms with Gasteiger partial charge in [-0.3, -0.25) is 0 Å². The molecule has 20 heavy (non-hydrogen) atoms. The van der Waals surface area contributed by atoms with Gasteiger partial charge in [-0.05, 0) is 41.8 Å². The summed E-state index contributed by atoms with van der Waals surface area (Å²) in [6.07, 6.45) is 0. The maximum absolute atomic E-state index is 10.4. The zero-order chi connectivity index (χ0) is 16.6. The second-order valence-electron chi connectivity index (χ2n) is 3.22. The van der Waals surface area contributed by atoms with Gasteiger partial charge in [0.15, 0.2) is 0 Å². The molecular formula is C12H27NO6S. The lowest BCUT2D eigenvalue weighted by Crippen LogP contribution is -2.09. The third-order valence-electron chi connectivity index (χ3n) is 1.15. The molecule has 0 aromatic rings. The Kier molecular flexibility index (Phi) is 19.4. The van der Waals surface area contributed by atoms with Crippen molar-refractivity contribution < 1.29 is 26.3 Å². The lowest BCUT2D eigenvalue weighted by atomic mass is 10.4. The summed E-state index contributed by atoms with van der Waals surface area (Å²) in [5, 5.41) is 2.75. The quantitative estimate of drug-likeness (QED) is 0.583. The normalized spacial score (nSPS) is 9.50. The van der Waals surface area contributed by atoms with E-state index in [4.69, 9.17) is 0 Å². The third kappa shape index (κ3) is 22.2. The molecule has 1 N–H and O–H groups in total. The number of esters is 1. The van der Waals surface area contributed by atoms with Crippen LogP contribution in [0.1, 0.15) is 27.7 Å². The Morgan fingerprint density at radius 1 is 1.05 bits per heavy atom. The first-order chi connectivity index (χ1) is 9.22. The third-order valence-corrected chi connectivity index (χ3v) is 2.20. The fraction of sp³-hybridized carbons (Fsp3) is 0.750. The summed E-state index contributed by atoms with van der Waals surface area (Å²) in [6.45, 7) is 10.6. The highest BCUT2D eigenvalue weighted by Crippen LogP contribution is 1.93. The molecule has 0 rings (SSSR count). The summed E-state index contributed by atoms with van der Waals surface area (Å²) < 4.78 is 33.8. The summed E-state index contributed by atoms with van der Waals surface area (Å²) in [5.41, 5.74) is 0.451. The van der Waals surface area contributed by atoms with Gasteiger partial charge < -0.3 is 10.1 Å². The van der Waals surface area contributed by atoms with Crippen molar-refractivity contribution in [2.24, 2.45) is 0 Å². The van der Waals surface area contributed by atoms with Crippen LogP contribution < -0.4 is 5.32 Å². The number of ether oxygens (including phenoxy) is 1. The largest absolute Gasteiger partial charge is 0.463 e. The van der Waals surface area contributed by atoms with E-state index in [1.54, 1.807) is 27.7 Å². The SMILES string of the molecule is C=C(C)C(=O)OCC.CCOS(=O)(=O)OCC.CNC. The standard InChI is InChI=1S/C6H10O2.C4H10O4S.C2H7N/c1-4-8-6(7)5(2)3;1-3-7-9(5,6)8-4-2;1-3-2/h2,4H2,1,3H3;3-4H2,1-2H3;3H,1-2H3. The van der Waals surface area contributed by atoms with Crippen molar-refractivity contribution in [1.29, 1.82) is 0 Å². The minimum atomic E-state index is -3.68. The van der Waals surface area contributed by atoms with E-state index < -0.39 is 10.4 Å². The van der Waals surface area contributed by atoms with Crippen LogP contribution in [0.2, 0.25) is 0 Å². The number of carbonyl (C=O) groups excluding carboxylic acids is 1. The Balaban J connectivity index is -0.000000243. The molecule has 0 atom stereocenters. The minimum absolute atomic E-state index is 0.113. The van der Waals surface area contributed by atoms with Crippen molar-refractivity contribution in [2.45, 2.75) is 27.7 Å². The molecule has 0 radical (unpaired) electrons. The van der Waals surface area contributed by atoms with Crippen LogP contribution >= 0.6 is 0 Å². The van der Waals surface area contributed by atoms with Crippen LogP contribution in [0, 0.1) is 0 Å². The van der Waals surface area contributed by atoms with E-state index in [0.717, 1.165) is 0 Å². The molecule has 0 aliphatic carbocycles. The first kappa shape index (κ1) is 24.1. The number of hydrogen-bond donors (Lipinski definition) is 1. The van der Waals surface area contributed by atoms with Gasteiger partial charge in [-0.2, -0.15) is 8.42 Å². The van der Waals surface area contributed by atoms with Crippen molar-refractivity contribution in [1.82, 2.24) is 5.32 Å². The van der Waals surface area contributed by atoms with Gasteiger partial charge in [0.1, 0.15) is 0 Å². The lowest BCUT2D eigenvalue weighted by molar-refractivity contribution is -0.138. The van der Waals surface area contributed by atoms with Gasteiger partial charge in [0.2, 0.25) is 0 Å². The molecule has 0 heterocycles. The van der Waals surface area contributed by atoms with Crippen LogP contribution in [0.5, 0.6) is 0 Å². The Bertz CT molecular complexity index is 328. The summed E-state index contributed by atoms with van der Waals surface area (Å²) in [7, 11) is 0.0683. The van der Waals surface area contributed by atoms with E-state index >= 15 is 0 Å². The Hall–Kier alpha value is -0.960. The van der Waals surface area contributed by atoms with E-state index in [1.165, 1.54) is 0 Å². The molecule has 0 unspecified atom stereocenters. The van der Waals surface area contributed by atoms with E-state index in [1.807, 2.05) is 14.1 Å². The minimum Gasteiger partial charge on any atom is -0.463 e. The van der Waals surface area contributed by atoms with Crippen molar-refractivity contribution in [3.8, 4) is 0 Å². The van der Waals surface area contributed by atoms with Crippen LogP contribution in [0.4, 0.5) is 0 Å². The number of nitrogens with one attached hydrogen (secondary N) is 1. The number of carbonyl (C=O) groups is 1. The molecule has 0 saturated heterocycles. The van der Waals surface area contributed by atoms with Gasteiger partial charge in [0.05, 0.1) is 19.8 Å². The van der Waals surface area contributed by atoms with Gasteiger partial charge >= 0.3 is 16.4 Å². The highest BCUT2D eigenvalue weighted by Gasteiger charge is 2.06. The molecule has 0 aromatic heterocycles. The summed E-state index contributed by atoms with van der Waals surface area (Å²) in [6, 6.07) is 0. The highest BCUT2D eigenvalue weighted by atomic mass is 32.3. The first-order valence-electron chi connectivity index (χ1n) is 6.17. The maximum atomic E-state index is 10.4. The van der Waals surface area contributed by atoms with E-state index in [-0.39, 0.29) is 19.2 Å². The van der Waals surface area contributed by atoms with Gasteiger partial charge in [0.25, 0.3) is 0 Å².